The number of fused-ring (bicyclic) bond motifs is 1. The molecule has 1 aliphatic rings. The molecule has 2 aromatic carbocycles. The zero-order valence-corrected chi connectivity index (χ0v) is 25.0. The Morgan fingerprint density at radius 1 is 0.864 bits per heavy atom. The van der Waals surface area contributed by atoms with Crippen molar-refractivity contribution >= 4 is 34.5 Å². The van der Waals surface area contributed by atoms with Gasteiger partial charge in [0.25, 0.3) is 0 Å². The quantitative estimate of drug-likeness (QED) is 0.247. The number of aromatic nitrogens is 7. The van der Waals surface area contributed by atoms with Crippen LogP contribution in [0.25, 0.3) is 39.5 Å². The van der Waals surface area contributed by atoms with E-state index in [9.17, 15) is 0 Å². The maximum absolute atomic E-state index is 6.33. The molecule has 2 N–H and O–H groups in total. The second kappa shape index (κ2) is 12.0. The van der Waals surface area contributed by atoms with Crippen LogP contribution in [-0.2, 0) is 6.54 Å². The van der Waals surface area contributed by atoms with Gasteiger partial charge in [-0.2, -0.15) is 4.98 Å². The number of anilines is 2. The minimum absolute atomic E-state index is 0.217. The van der Waals surface area contributed by atoms with Gasteiger partial charge in [-0.25, -0.2) is 24.9 Å². The molecule has 0 spiro atoms. The summed E-state index contributed by atoms with van der Waals surface area (Å²) < 4.78 is 2.08. The number of nitrogen functional groups attached to an aromatic ring is 1. The molecule has 0 aliphatic carbocycles. The monoisotopic (exact) mass is 602 g/mol. The Bertz CT molecular complexity index is 1900. The van der Waals surface area contributed by atoms with E-state index in [1.807, 2.05) is 49.5 Å². The number of halogens is 1. The minimum atomic E-state index is 0.217. The lowest BCUT2D eigenvalue weighted by Crippen LogP contribution is -2.43. The lowest BCUT2D eigenvalue weighted by molar-refractivity contribution is 0.203. The van der Waals surface area contributed by atoms with Crippen LogP contribution in [-0.4, -0.2) is 65.5 Å². The van der Waals surface area contributed by atoms with Gasteiger partial charge in [-0.05, 0) is 66.4 Å². The molecule has 0 atom stereocenters. The third-order valence-electron chi connectivity index (χ3n) is 8.20. The molecule has 1 aliphatic heterocycles. The molecule has 220 valence electrons. The molecular weight excluding hydrogens is 572 g/mol. The SMILES string of the molecule is CN(c1ncnc(Cl)n1)C1CCN(Cc2ccc(-n3c(-c4cccnc4N)nc4ccc(-c5ccccc5)nc43)cc2)CC1. The first-order valence-electron chi connectivity index (χ1n) is 14.6. The van der Waals surface area contributed by atoms with Crippen LogP contribution in [0, 0.1) is 0 Å². The summed E-state index contributed by atoms with van der Waals surface area (Å²) in [7, 11) is 2.02. The number of nitrogens with two attached hydrogens (primary N) is 1. The molecule has 0 radical (unpaired) electrons. The van der Waals surface area contributed by atoms with Gasteiger partial charge in [0.05, 0.1) is 11.3 Å². The molecule has 44 heavy (non-hydrogen) atoms. The van der Waals surface area contributed by atoms with Crippen molar-refractivity contribution in [3.8, 4) is 28.3 Å². The molecule has 4 aromatic heterocycles. The summed E-state index contributed by atoms with van der Waals surface area (Å²) in [4.78, 5) is 31.4. The molecule has 0 unspecified atom stereocenters. The molecule has 0 saturated carbocycles. The van der Waals surface area contributed by atoms with Crippen molar-refractivity contribution in [3.63, 3.8) is 0 Å². The van der Waals surface area contributed by atoms with Crippen LogP contribution < -0.4 is 10.6 Å². The highest BCUT2D eigenvalue weighted by Gasteiger charge is 2.24. The first-order chi connectivity index (χ1) is 21.5. The number of benzene rings is 2. The van der Waals surface area contributed by atoms with Crippen LogP contribution in [0.3, 0.4) is 0 Å². The van der Waals surface area contributed by atoms with Gasteiger partial charge in [-0.1, -0.05) is 42.5 Å². The summed E-state index contributed by atoms with van der Waals surface area (Å²) in [6.07, 6.45) is 5.18. The minimum Gasteiger partial charge on any atom is -0.383 e. The Morgan fingerprint density at radius 3 is 2.41 bits per heavy atom. The molecule has 10 nitrogen and oxygen atoms in total. The molecule has 11 heteroatoms. The van der Waals surface area contributed by atoms with E-state index < -0.39 is 0 Å². The van der Waals surface area contributed by atoms with Crippen LogP contribution in [0.4, 0.5) is 11.8 Å². The number of likely N-dealkylation sites (tertiary alicyclic amines) is 1. The van der Waals surface area contributed by atoms with E-state index in [1.165, 1.54) is 11.9 Å². The summed E-state index contributed by atoms with van der Waals surface area (Å²) in [5.74, 6) is 1.75. The first-order valence-corrected chi connectivity index (χ1v) is 15.0. The average Bonchev–Trinajstić information content (AvgIpc) is 3.44. The van der Waals surface area contributed by atoms with Crippen molar-refractivity contribution in [1.82, 2.24) is 39.4 Å². The fourth-order valence-electron chi connectivity index (χ4n) is 5.83. The Morgan fingerprint density at radius 2 is 1.66 bits per heavy atom. The van der Waals surface area contributed by atoms with E-state index in [-0.39, 0.29) is 5.28 Å². The smallest absolute Gasteiger partial charge is 0.229 e. The number of piperidine rings is 1. The standard InChI is InChI=1S/C33H31ClN10/c1-42(33-38-21-37-32(34)41-33)24-15-18-43(19-16-24)20-22-9-11-25(12-10-22)44-30(26-8-5-17-36-29(26)35)40-28-14-13-27(39-31(28)44)23-6-3-2-4-7-23/h2-14,17,21,24H,15-16,18-20H2,1H3,(H2,35,36). The van der Waals surface area contributed by atoms with Crippen molar-refractivity contribution in [1.29, 1.82) is 0 Å². The number of rotatable bonds is 7. The third-order valence-corrected chi connectivity index (χ3v) is 8.39. The van der Waals surface area contributed by atoms with Gasteiger partial charge in [0.15, 0.2) is 11.5 Å². The van der Waals surface area contributed by atoms with E-state index in [4.69, 9.17) is 27.3 Å². The maximum atomic E-state index is 6.33. The lowest BCUT2D eigenvalue weighted by Gasteiger charge is -2.36. The van der Waals surface area contributed by atoms with Gasteiger partial charge < -0.3 is 10.6 Å². The number of nitrogens with zero attached hydrogens (tertiary/aromatic N) is 9. The zero-order chi connectivity index (χ0) is 30.0. The van der Waals surface area contributed by atoms with Gasteiger partial charge in [0.1, 0.15) is 17.7 Å². The van der Waals surface area contributed by atoms with Crippen LogP contribution in [0.15, 0.2) is 91.4 Å². The average molecular weight is 603 g/mol. The van der Waals surface area contributed by atoms with Gasteiger partial charge >= 0.3 is 0 Å². The van der Waals surface area contributed by atoms with Gasteiger partial charge in [0.2, 0.25) is 11.2 Å². The van der Waals surface area contributed by atoms with Gasteiger partial charge in [0, 0.05) is 50.2 Å². The molecule has 6 aromatic rings. The Labute approximate surface area is 260 Å². The van der Waals surface area contributed by atoms with E-state index in [2.05, 4.69) is 70.7 Å². The summed E-state index contributed by atoms with van der Waals surface area (Å²) in [6.45, 7) is 2.84. The number of imidazole rings is 1. The van der Waals surface area contributed by atoms with Gasteiger partial charge in [-0.3, -0.25) is 9.47 Å². The van der Waals surface area contributed by atoms with Crippen molar-refractivity contribution < 1.29 is 0 Å². The second-order valence-corrected chi connectivity index (χ2v) is 11.3. The van der Waals surface area contributed by atoms with E-state index in [1.54, 1.807) is 6.20 Å². The molecule has 1 saturated heterocycles. The van der Waals surface area contributed by atoms with Crippen molar-refractivity contribution in [2.24, 2.45) is 0 Å². The Hall–Kier alpha value is -4.93. The zero-order valence-electron chi connectivity index (χ0n) is 24.3. The predicted molar refractivity (Wildman–Crippen MR) is 173 cm³/mol. The maximum Gasteiger partial charge on any atom is 0.229 e. The number of hydrogen-bond donors (Lipinski definition) is 1. The molecule has 0 amide bonds. The summed E-state index contributed by atoms with van der Waals surface area (Å²) >= 11 is 5.98. The highest BCUT2D eigenvalue weighted by atomic mass is 35.5. The number of hydrogen-bond acceptors (Lipinski definition) is 9. The van der Waals surface area contributed by atoms with Crippen LogP contribution >= 0.6 is 11.6 Å². The van der Waals surface area contributed by atoms with Crippen molar-refractivity contribution in [3.05, 3.63) is 102 Å². The van der Waals surface area contributed by atoms with Gasteiger partial charge in [-0.15, -0.1) is 0 Å². The Kier molecular flexibility index (Phi) is 7.59. The van der Waals surface area contributed by atoms with E-state index >= 15 is 0 Å². The topological polar surface area (TPSA) is 115 Å². The molecule has 5 heterocycles. The largest absolute Gasteiger partial charge is 0.383 e. The van der Waals surface area contributed by atoms with Crippen LogP contribution in [0.5, 0.6) is 0 Å². The van der Waals surface area contributed by atoms with E-state index in [0.29, 0.717) is 23.6 Å². The first kappa shape index (κ1) is 27.9. The van der Waals surface area contributed by atoms with Crippen LogP contribution in [0.1, 0.15) is 18.4 Å². The second-order valence-electron chi connectivity index (χ2n) is 11.0. The third kappa shape index (κ3) is 5.57. The highest BCUT2D eigenvalue weighted by molar-refractivity contribution is 6.28. The molecule has 7 rings (SSSR count). The van der Waals surface area contributed by atoms with Crippen molar-refractivity contribution in [2.45, 2.75) is 25.4 Å². The fourth-order valence-corrected chi connectivity index (χ4v) is 5.95. The Balaban J connectivity index is 1.14. The highest BCUT2D eigenvalue weighted by Crippen LogP contribution is 2.32. The van der Waals surface area contributed by atoms with Crippen molar-refractivity contribution in [2.75, 3.05) is 30.8 Å². The molecule has 1 fully saturated rings. The summed E-state index contributed by atoms with van der Waals surface area (Å²) in [5.41, 5.74) is 12.8. The van der Waals surface area contributed by atoms with E-state index in [0.717, 1.165) is 66.1 Å². The summed E-state index contributed by atoms with van der Waals surface area (Å²) in [5, 5.41) is 0.217. The lowest BCUT2D eigenvalue weighted by atomic mass is 10.0. The number of pyridine rings is 2. The molecular formula is C33H31ClN10. The fraction of sp³-hybridized carbons (Fsp3) is 0.212. The van der Waals surface area contributed by atoms with Crippen LogP contribution in [0.2, 0.25) is 5.28 Å². The molecule has 0 bridgehead atoms. The normalized spacial score (nSPS) is 14.2. The predicted octanol–water partition coefficient (Wildman–Crippen LogP) is 5.67. The summed E-state index contributed by atoms with van der Waals surface area (Å²) in [6, 6.07) is 27.0.